The minimum Gasteiger partial charge on any atom is -0.279 e. The molecule has 0 aliphatic carbocycles. The van der Waals surface area contributed by atoms with Crippen molar-refractivity contribution in [2.75, 3.05) is 0 Å². The van der Waals surface area contributed by atoms with Crippen LogP contribution < -0.4 is 5.69 Å². The van der Waals surface area contributed by atoms with Gasteiger partial charge in [-0.3, -0.25) is 19.2 Å². The number of hydrogen-bond donors (Lipinski definition) is 0. The van der Waals surface area contributed by atoms with Crippen molar-refractivity contribution in [3.8, 4) is 5.69 Å². The second-order valence-electron chi connectivity index (χ2n) is 4.52. The second kappa shape index (κ2) is 5.11. The minimum atomic E-state index is -0.587. The van der Waals surface area contributed by atoms with Crippen LogP contribution in [-0.4, -0.2) is 19.0 Å². The fraction of sp³-hybridized carbons (Fsp3) is 0.0769. The van der Waals surface area contributed by atoms with Crippen molar-refractivity contribution in [1.29, 1.82) is 0 Å². The zero-order chi connectivity index (χ0) is 16.0. The van der Waals surface area contributed by atoms with Crippen LogP contribution >= 0.6 is 23.2 Å². The van der Waals surface area contributed by atoms with Crippen LogP contribution in [0.4, 0.5) is 5.69 Å². The Morgan fingerprint density at radius 2 is 1.95 bits per heavy atom. The molecule has 0 aliphatic rings. The highest BCUT2D eigenvalue weighted by atomic mass is 35.5. The Labute approximate surface area is 133 Å². The maximum absolute atomic E-state index is 12.5. The lowest BCUT2D eigenvalue weighted by Gasteiger charge is -2.06. The van der Waals surface area contributed by atoms with Crippen molar-refractivity contribution in [1.82, 2.24) is 14.1 Å². The summed E-state index contributed by atoms with van der Waals surface area (Å²) in [5.41, 5.74) is -0.0632. The summed E-state index contributed by atoms with van der Waals surface area (Å²) in [6, 6.07) is 7.30. The summed E-state index contributed by atoms with van der Waals surface area (Å²) in [7, 11) is 1.51. The number of fused-ring (bicyclic) bond motifs is 1. The third-order valence-electron chi connectivity index (χ3n) is 3.24. The molecule has 0 radical (unpaired) electrons. The highest BCUT2D eigenvalue weighted by molar-refractivity contribution is 6.33. The Bertz CT molecular complexity index is 977. The average molecular weight is 339 g/mol. The molecule has 0 aliphatic heterocycles. The predicted molar refractivity (Wildman–Crippen MR) is 83.0 cm³/mol. The summed E-state index contributed by atoms with van der Waals surface area (Å²) in [4.78, 5) is 27.2. The number of hydrogen-bond acceptors (Lipinski definition) is 4. The van der Waals surface area contributed by atoms with Crippen molar-refractivity contribution in [2.24, 2.45) is 7.05 Å². The molecule has 0 amide bonds. The third kappa shape index (κ3) is 2.06. The number of para-hydroxylation sites is 1. The van der Waals surface area contributed by atoms with Gasteiger partial charge in [-0.25, -0.2) is 9.78 Å². The van der Waals surface area contributed by atoms with E-state index >= 15 is 0 Å². The molecule has 112 valence electrons. The number of aryl methyl sites for hydroxylation is 1. The first-order valence-electron chi connectivity index (χ1n) is 6.09. The van der Waals surface area contributed by atoms with Crippen molar-refractivity contribution in [2.45, 2.75) is 0 Å². The summed E-state index contributed by atoms with van der Waals surface area (Å²) in [5.74, 6) is 0. The van der Waals surface area contributed by atoms with Gasteiger partial charge in [-0.05, 0) is 18.2 Å². The summed E-state index contributed by atoms with van der Waals surface area (Å²) >= 11 is 11.9. The summed E-state index contributed by atoms with van der Waals surface area (Å²) < 4.78 is 2.42. The number of aromatic nitrogens is 3. The molecule has 0 spiro atoms. The molecule has 22 heavy (non-hydrogen) atoms. The fourth-order valence-electron chi connectivity index (χ4n) is 2.27. The van der Waals surface area contributed by atoms with E-state index < -0.39 is 10.6 Å². The average Bonchev–Trinajstić information content (AvgIpc) is 2.71. The van der Waals surface area contributed by atoms with Crippen molar-refractivity contribution < 1.29 is 4.92 Å². The first kappa shape index (κ1) is 14.6. The third-order valence-corrected chi connectivity index (χ3v) is 3.76. The van der Waals surface area contributed by atoms with E-state index in [0.29, 0.717) is 11.2 Å². The first-order chi connectivity index (χ1) is 10.4. The lowest BCUT2D eigenvalue weighted by Crippen LogP contribution is -2.21. The van der Waals surface area contributed by atoms with Gasteiger partial charge in [-0.15, -0.1) is 0 Å². The molecule has 9 heteroatoms. The first-order valence-corrected chi connectivity index (χ1v) is 6.84. The van der Waals surface area contributed by atoms with Crippen LogP contribution in [0.1, 0.15) is 0 Å². The monoisotopic (exact) mass is 338 g/mol. The SMILES string of the molecule is Cn1c(=O)n(-c2c(Cl)cccc2[N+](=O)[O-])c2ccc(Cl)nc21. The van der Waals surface area contributed by atoms with Gasteiger partial charge in [0.1, 0.15) is 10.8 Å². The van der Waals surface area contributed by atoms with Crippen molar-refractivity contribution in [3.05, 3.63) is 61.1 Å². The van der Waals surface area contributed by atoms with E-state index in [1.165, 1.54) is 40.4 Å². The smallest absolute Gasteiger partial charge is 0.279 e. The van der Waals surface area contributed by atoms with E-state index in [-0.39, 0.29) is 21.6 Å². The lowest BCUT2D eigenvalue weighted by molar-refractivity contribution is -0.384. The molecule has 0 fully saturated rings. The minimum absolute atomic E-state index is 0.00823. The van der Waals surface area contributed by atoms with Crippen molar-refractivity contribution in [3.63, 3.8) is 0 Å². The van der Waals surface area contributed by atoms with Gasteiger partial charge in [0.15, 0.2) is 5.65 Å². The zero-order valence-electron chi connectivity index (χ0n) is 11.2. The van der Waals surface area contributed by atoms with Gasteiger partial charge in [0.05, 0.1) is 15.5 Å². The number of halogens is 2. The lowest BCUT2D eigenvalue weighted by atomic mass is 10.2. The maximum Gasteiger partial charge on any atom is 0.334 e. The Balaban J connectivity index is 2.50. The quantitative estimate of drug-likeness (QED) is 0.408. The summed E-state index contributed by atoms with van der Waals surface area (Å²) in [5, 5.41) is 11.6. The Morgan fingerprint density at radius 1 is 1.23 bits per heavy atom. The molecule has 0 atom stereocenters. The molecule has 0 unspecified atom stereocenters. The number of nitro groups is 1. The number of nitro benzene ring substituents is 1. The van der Waals surface area contributed by atoms with Gasteiger partial charge in [0.25, 0.3) is 5.69 Å². The van der Waals surface area contributed by atoms with Crippen LogP contribution in [-0.2, 0) is 7.05 Å². The molecule has 0 saturated heterocycles. The highest BCUT2D eigenvalue weighted by Crippen LogP contribution is 2.31. The van der Waals surface area contributed by atoms with Gasteiger partial charge >= 0.3 is 5.69 Å². The molecular weight excluding hydrogens is 331 g/mol. The van der Waals surface area contributed by atoms with Gasteiger partial charge in [0, 0.05) is 13.1 Å². The maximum atomic E-state index is 12.5. The molecule has 1 aromatic carbocycles. The topological polar surface area (TPSA) is 83.0 Å². The zero-order valence-corrected chi connectivity index (χ0v) is 12.7. The Hall–Kier alpha value is -2.38. The molecule has 7 nitrogen and oxygen atoms in total. The highest BCUT2D eigenvalue weighted by Gasteiger charge is 2.24. The van der Waals surface area contributed by atoms with Crippen molar-refractivity contribution >= 4 is 40.1 Å². The van der Waals surface area contributed by atoms with E-state index in [4.69, 9.17) is 23.2 Å². The largest absolute Gasteiger partial charge is 0.334 e. The molecule has 2 aromatic heterocycles. The summed E-state index contributed by atoms with van der Waals surface area (Å²) in [6.07, 6.45) is 0. The molecule has 3 aromatic rings. The number of pyridine rings is 1. The number of imidazole rings is 1. The molecular formula is C13H8Cl2N4O3. The Kier molecular flexibility index (Phi) is 3.38. The van der Waals surface area contributed by atoms with Gasteiger partial charge in [-0.2, -0.15) is 0 Å². The van der Waals surface area contributed by atoms with E-state index in [0.717, 1.165) is 0 Å². The van der Waals surface area contributed by atoms with E-state index in [2.05, 4.69) is 4.98 Å². The molecule has 3 rings (SSSR count). The molecule has 2 heterocycles. The second-order valence-corrected chi connectivity index (χ2v) is 5.31. The molecule has 0 saturated carbocycles. The van der Waals surface area contributed by atoms with Crippen LogP contribution in [0.15, 0.2) is 35.1 Å². The van der Waals surface area contributed by atoms with Crippen LogP contribution in [0.25, 0.3) is 16.9 Å². The summed E-state index contributed by atoms with van der Waals surface area (Å²) in [6.45, 7) is 0. The predicted octanol–water partition coefficient (Wildman–Crippen LogP) is 2.94. The van der Waals surface area contributed by atoms with Gasteiger partial charge < -0.3 is 0 Å². The fourth-order valence-corrected chi connectivity index (χ4v) is 2.67. The van der Waals surface area contributed by atoms with E-state index in [9.17, 15) is 14.9 Å². The normalized spacial score (nSPS) is 11.0. The van der Waals surface area contributed by atoms with E-state index in [1.807, 2.05) is 0 Å². The van der Waals surface area contributed by atoms with Crippen LogP contribution in [0, 0.1) is 10.1 Å². The van der Waals surface area contributed by atoms with Gasteiger partial charge in [-0.1, -0.05) is 29.3 Å². The van der Waals surface area contributed by atoms with Crippen LogP contribution in [0.3, 0.4) is 0 Å². The number of rotatable bonds is 2. The van der Waals surface area contributed by atoms with Crippen LogP contribution in [0.2, 0.25) is 10.2 Å². The number of nitrogens with zero attached hydrogens (tertiary/aromatic N) is 4. The molecule has 0 bridgehead atoms. The van der Waals surface area contributed by atoms with Crippen LogP contribution in [0.5, 0.6) is 0 Å². The number of benzene rings is 1. The standard InChI is InChI=1S/C13H8Cl2N4O3/c1-17-12-9(5-6-10(15)16-12)18(13(17)20)11-7(14)3-2-4-8(11)19(21)22/h2-6H,1H3. The Morgan fingerprint density at radius 3 is 2.64 bits per heavy atom. The van der Waals surface area contributed by atoms with Gasteiger partial charge in [0.2, 0.25) is 0 Å². The molecule has 0 N–H and O–H groups in total. The van der Waals surface area contributed by atoms with E-state index in [1.54, 1.807) is 6.07 Å².